The Morgan fingerprint density at radius 3 is 2.59 bits per heavy atom. The van der Waals surface area contributed by atoms with E-state index in [1.807, 2.05) is 30.3 Å². The molecule has 116 valence electrons. The van der Waals surface area contributed by atoms with E-state index in [0.29, 0.717) is 11.6 Å². The number of aryl methyl sites for hydroxylation is 1. The van der Waals surface area contributed by atoms with Gasteiger partial charge in [-0.25, -0.2) is 9.97 Å². The molecule has 0 radical (unpaired) electrons. The van der Waals surface area contributed by atoms with Gasteiger partial charge in [0, 0.05) is 12.7 Å². The number of aliphatic hydroxyl groups is 1. The van der Waals surface area contributed by atoms with Gasteiger partial charge < -0.3 is 15.7 Å². The Labute approximate surface area is 129 Å². The molecule has 0 saturated carbocycles. The molecule has 1 aromatic carbocycles. The normalized spacial score (nSPS) is 13.3. The fraction of sp³-hybridized carbons (Fsp3) is 0.312. The van der Waals surface area contributed by atoms with Gasteiger partial charge in [0.25, 0.3) is 5.91 Å². The van der Waals surface area contributed by atoms with Gasteiger partial charge in [0.05, 0.1) is 6.54 Å². The summed E-state index contributed by atoms with van der Waals surface area (Å²) < 4.78 is 0. The van der Waals surface area contributed by atoms with Crippen molar-refractivity contribution in [3.8, 4) is 0 Å². The molecule has 0 aliphatic heterocycles. The zero-order valence-corrected chi connectivity index (χ0v) is 12.9. The highest BCUT2D eigenvalue weighted by molar-refractivity contribution is 5.92. The van der Waals surface area contributed by atoms with Gasteiger partial charge >= 0.3 is 0 Å². The molecular weight excluding hydrogens is 280 g/mol. The van der Waals surface area contributed by atoms with Crippen LogP contribution in [0.15, 0.2) is 36.4 Å². The van der Waals surface area contributed by atoms with Crippen LogP contribution in [0.2, 0.25) is 0 Å². The summed E-state index contributed by atoms with van der Waals surface area (Å²) in [5.41, 5.74) is 0.551. The largest absolute Gasteiger partial charge is 0.384 e. The minimum atomic E-state index is -1.15. The van der Waals surface area contributed by atoms with Gasteiger partial charge in [-0.15, -0.1) is 0 Å². The van der Waals surface area contributed by atoms with E-state index in [2.05, 4.69) is 20.6 Å². The van der Waals surface area contributed by atoms with Crippen LogP contribution in [0.3, 0.4) is 0 Å². The molecule has 0 bridgehead atoms. The predicted molar refractivity (Wildman–Crippen MR) is 84.7 cm³/mol. The van der Waals surface area contributed by atoms with Crippen LogP contribution in [0, 0.1) is 6.92 Å². The standard InChI is InChI=1S/C16H20N4O2/c1-11-9-13(20-15(17-3)19-11)14(21)18-10-16(2,22)12-7-5-4-6-8-12/h4-9,22H,10H2,1-3H3,(H,18,21)(H,17,19,20). The number of hydrogen-bond donors (Lipinski definition) is 3. The van der Waals surface area contributed by atoms with Crippen LogP contribution in [0.5, 0.6) is 0 Å². The van der Waals surface area contributed by atoms with Crippen molar-refractivity contribution in [1.82, 2.24) is 15.3 Å². The zero-order valence-electron chi connectivity index (χ0n) is 12.9. The second kappa shape index (κ2) is 6.53. The van der Waals surface area contributed by atoms with Crippen molar-refractivity contribution in [1.29, 1.82) is 0 Å². The summed E-state index contributed by atoms with van der Waals surface area (Å²) >= 11 is 0. The van der Waals surface area contributed by atoms with E-state index in [4.69, 9.17) is 0 Å². The van der Waals surface area contributed by atoms with Crippen molar-refractivity contribution in [2.75, 3.05) is 18.9 Å². The van der Waals surface area contributed by atoms with E-state index in [9.17, 15) is 9.90 Å². The number of carbonyl (C=O) groups is 1. The molecule has 0 saturated heterocycles. The zero-order chi connectivity index (χ0) is 16.2. The topological polar surface area (TPSA) is 87.1 Å². The number of nitrogens with one attached hydrogen (secondary N) is 2. The Bertz CT molecular complexity index is 656. The first-order valence-electron chi connectivity index (χ1n) is 7.02. The summed E-state index contributed by atoms with van der Waals surface area (Å²) in [6.45, 7) is 3.54. The average molecular weight is 300 g/mol. The first-order valence-corrected chi connectivity index (χ1v) is 7.02. The average Bonchev–Trinajstić information content (AvgIpc) is 2.53. The summed E-state index contributed by atoms with van der Waals surface area (Å²) in [6, 6.07) is 10.8. The lowest BCUT2D eigenvalue weighted by Gasteiger charge is -2.24. The van der Waals surface area contributed by atoms with Crippen molar-refractivity contribution >= 4 is 11.9 Å². The maximum Gasteiger partial charge on any atom is 0.270 e. The fourth-order valence-electron chi connectivity index (χ4n) is 2.04. The molecule has 6 nitrogen and oxygen atoms in total. The molecule has 1 aromatic heterocycles. The number of hydrogen-bond acceptors (Lipinski definition) is 5. The van der Waals surface area contributed by atoms with Crippen molar-refractivity contribution in [2.24, 2.45) is 0 Å². The molecular formula is C16H20N4O2. The highest BCUT2D eigenvalue weighted by Crippen LogP contribution is 2.19. The van der Waals surface area contributed by atoms with Crippen molar-refractivity contribution in [2.45, 2.75) is 19.4 Å². The van der Waals surface area contributed by atoms with Gasteiger partial charge in [0.2, 0.25) is 5.95 Å². The van der Waals surface area contributed by atoms with E-state index in [1.54, 1.807) is 27.0 Å². The molecule has 2 rings (SSSR count). The van der Waals surface area contributed by atoms with Crippen molar-refractivity contribution < 1.29 is 9.90 Å². The summed E-state index contributed by atoms with van der Waals surface area (Å²) in [5.74, 6) is 0.0400. The van der Waals surface area contributed by atoms with E-state index in [-0.39, 0.29) is 18.1 Å². The lowest BCUT2D eigenvalue weighted by molar-refractivity contribution is 0.0525. The van der Waals surface area contributed by atoms with Crippen LogP contribution in [0.25, 0.3) is 0 Å². The molecule has 3 N–H and O–H groups in total. The lowest BCUT2D eigenvalue weighted by Crippen LogP contribution is -2.39. The summed E-state index contributed by atoms with van der Waals surface area (Å²) in [5, 5.41) is 16.0. The summed E-state index contributed by atoms with van der Waals surface area (Å²) in [4.78, 5) is 20.5. The van der Waals surface area contributed by atoms with Crippen molar-refractivity contribution in [3.63, 3.8) is 0 Å². The Morgan fingerprint density at radius 2 is 1.95 bits per heavy atom. The SMILES string of the molecule is CNc1nc(C)cc(C(=O)NCC(C)(O)c2ccccc2)n1. The van der Waals surface area contributed by atoms with Gasteiger partial charge in [0.1, 0.15) is 11.3 Å². The maximum absolute atomic E-state index is 12.2. The number of rotatable bonds is 5. The molecule has 0 aliphatic rings. The van der Waals surface area contributed by atoms with Gasteiger partial charge in [-0.2, -0.15) is 0 Å². The maximum atomic E-state index is 12.2. The number of aromatic nitrogens is 2. The third-order valence-corrected chi connectivity index (χ3v) is 3.30. The fourth-order valence-corrected chi connectivity index (χ4v) is 2.04. The molecule has 1 heterocycles. The number of carbonyl (C=O) groups excluding carboxylic acids is 1. The number of anilines is 1. The number of benzene rings is 1. The summed E-state index contributed by atoms with van der Waals surface area (Å²) in [7, 11) is 1.69. The van der Waals surface area contributed by atoms with Crippen LogP contribution in [-0.2, 0) is 5.60 Å². The Morgan fingerprint density at radius 1 is 1.27 bits per heavy atom. The van der Waals surface area contributed by atoms with Crippen LogP contribution >= 0.6 is 0 Å². The molecule has 1 atom stereocenters. The smallest absolute Gasteiger partial charge is 0.270 e. The number of nitrogens with zero attached hydrogens (tertiary/aromatic N) is 2. The highest BCUT2D eigenvalue weighted by Gasteiger charge is 2.24. The Kier molecular flexibility index (Phi) is 4.72. The van der Waals surface area contributed by atoms with Gasteiger partial charge in [-0.1, -0.05) is 30.3 Å². The van der Waals surface area contributed by atoms with Gasteiger partial charge in [-0.05, 0) is 25.5 Å². The first-order chi connectivity index (χ1) is 10.4. The molecule has 1 unspecified atom stereocenters. The molecule has 22 heavy (non-hydrogen) atoms. The van der Waals surface area contributed by atoms with E-state index in [0.717, 1.165) is 5.56 Å². The predicted octanol–water partition coefficient (Wildman–Crippen LogP) is 1.46. The van der Waals surface area contributed by atoms with Gasteiger partial charge in [0.15, 0.2) is 0 Å². The molecule has 1 amide bonds. The Balaban J connectivity index is 2.08. The highest BCUT2D eigenvalue weighted by atomic mass is 16.3. The van der Waals surface area contributed by atoms with Crippen LogP contribution in [0.4, 0.5) is 5.95 Å². The first kappa shape index (κ1) is 15.9. The van der Waals surface area contributed by atoms with Gasteiger partial charge in [-0.3, -0.25) is 4.79 Å². The lowest BCUT2D eigenvalue weighted by atomic mass is 9.96. The molecule has 0 fully saturated rings. The van der Waals surface area contributed by atoms with Crippen LogP contribution in [-0.4, -0.2) is 34.6 Å². The minimum Gasteiger partial charge on any atom is -0.384 e. The van der Waals surface area contributed by atoms with Crippen LogP contribution < -0.4 is 10.6 Å². The molecule has 2 aromatic rings. The third kappa shape index (κ3) is 3.79. The monoisotopic (exact) mass is 300 g/mol. The minimum absolute atomic E-state index is 0.0911. The van der Waals surface area contributed by atoms with Crippen molar-refractivity contribution in [3.05, 3.63) is 53.3 Å². The quantitative estimate of drug-likeness (QED) is 0.778. The molecule has 0 spiro atoms. The van der Waals surface area contributed by atoms with E-state index < -0.39 is 5.60 Å². The second-order valence-corrected chi connectivity index (χ2v) is 5.29. The second-order valence-electron chi connectivity index (χ2n) is 5.29. The Hall–Kier alpha value is -2.47. The molecule has 6 heteroatoms. The summed E-state index contributed by atoms with van der Waals surface area (Å²) in [6.07, 6.45) is 0. The number of amides is 1. The van der Waals surface area contributed by atoms with Crippen LogP contribution in [0.1, 0.15) is 28.7 Å². The third-order valence-electron chi connectivity index (χ3n) is 3.30. The molecule has 0 aliphatic carbocycles. The van der Waals surface area contributed by atoms with E-state index >= 15 is 0 Å². The van der Waals surface area contributed by atoms with E-state index in [1.165, 1.54) is 0 Å².